The van der Waals surface area contributed by atoms with Crippen molar-refractivity contribution in [2.75, 3.05) is 35.5 Å². The van der Waals surface area contributed by atoms with E-state index in [4.69, 9.17) is 0 Å². The van der Waals surface area contributed by atoms with Gasteiger partial charge in [0.1, 0.15) is 0 Å². The largest absolute Gasteiger partial charge is 5.00 e. The Labute approximate surface area is 205 Å². The van der Waals surface area contributed by atoms with Crippen LogP contribution in [0.1, 0.15) is 66.7 Å². The first kappa shape index (κ1) is 44.9. The number of methoxy groups -OCH3 is 5. The van der Waals surface area contributed by atoms with Crippen LogP contribution in [0.25, 0.3) is 0 Å². The quantitative estimate of drug-likeness (QED) is 0.240. The number of hydrogen-bond donors (Lipinski definition) is 0. The van der Waals surface area contributed by atoms with Gasteiger partial charge in [0.2, 0.25) is 0 Å². The molecule has 5 atom stereocenters. The number of hydrogen-bond acceptors (Lipinski definition) is 10. The van der Waals surface area contributed by atoms with Gasteiger partial charge in [-0.3, -0.25) is 0 Å². The molecular weight excluding hydrogens is 493 g/mol. The van der Waals surface area contributed by atoms with Crippen molar-refractivity contribution in [2.24, 2.45) is 0 Å². The van der Waals surface area contributed by atoms with E-state index in [1.54, 1.807) is 34.6 Å². The summed E-state index contributed by atoms with van der Waals surface area (Å²) in [5, 5.41) is 50.2. The zero-order valence-corrected chi connectivity index (χ0v) is 23.2. The van der Waals surface area contributed by atoms with Gasteiger partial charge < -0.3 is 49.2 Å². The van der Waals surface area contributed by atoms with Gasteiger partial charge in [0.25, 0.3) is 0 Å². The van der Waals surface area contributed by atoms with E-state index in [0.29, 0.717) is 32.1 Å². The Balaban J connectivity index is -0.0000000625. The second-order valence-corrected chi connectivity index (χ2v) is 5.37. The molecule has 0 spiro atoms. The van der Waals surface area contributed by atoms with Crippen LogP contribution in [0.3, 0.4) is 0 Å². The summed E-state index contributed by atoms with van der Waals surface area (Å²) in [4.78, 5) is 0. The molecule has 0 aliphatic rings. The summed E-state index contributed by atoms with van der Waals surface area (Å²) in [6.07, 6.45) is -1.31. The van der Waals surface area contributed by atoms with E-state index < -0.39 is 31.5 Å². The first-order valence-corrected chi connectivity index (χ1v) is 9.98. The monoisotopic (exact) mass is 538 g/mol. The molecule has 0 radical (unpaired) electrons. The fourth-order valence-electron chi connectivity index (χ4n) is 0.833. The summed E-state index contributed by atoms with van der Waals surface area (Å²) in [6.45, 7) is 8.96. The first-order chi connectivity index (χ1) is 14.0. The summed E-state index contributed by atoms with van der Waals surface area (Å²) in [6, 6.07) is 0. The molecule has 0 bridgehead atoms. The topological polar surface area (TPSA) is 161 Å². The van der Waals surface area contributed by atoms with Crippen LogP contribution in [0.2, 0.25) is 0 Å². The third-order valence-electron chi connectivity index (χ3n) is 2.98. The van der Waals surface area contributed by atoms with Crippen LogP contribution in [-0.2, 0) is 46.1 Å². The Morgan fingerprint density at radius 2 is 0.484 bits per heavy atom. The SMILES string of the molecule is CCC([O-])OC.CCC([O-])OC.CCC([O-])OC.CCC([O-])OC.CCC([O-])OC.[Nb+5]. The average Bonchev–Trinajstić information content (AvgIpc) is 2.82. The molecule has 0 amide bonds. The van der Waals surface area contributed by atoms with Crippen molar-refractivity contribution in [3.05, 3.63) is 0 Å². The molecule has 31 heavy (non-hydrogen) atoms. The number of ether oxygens (including phenoxy) is 5. The van der Waals surface area contributed by atoms with Crippen molar-refractivity contribution in [1.29, 1.82) is 0 Å². The van der Waals surface area contributed by atoms with Crippen molar-refractivity contribution in [3.63, 3.8) is 0 Å². The van der Waals surface area contributed by atoms with E-state index in [1.165, 1.54) is 35.5 Å². The fraction of sp³-hybridized carbons (Fsp3) is 1.00. The van der Waals surface area contributed by atoms with Crippen LogP contribution in [0.15, 0.2) is 0 Å². The third kappa shape index (κ3) is 58.9. The maximum atomic E-state index is 10.0. The van der Waals surface area contributed by atoms with Gasteiger partial charge in [-0.05, 0) is 63.6 Å². The van der Waals surface area contributed by atoms with E-state index in [0.717, 1.165) is 0 Å². The Hall–Kier alpha value is 0.340. The molecule has 0 N–H and O–H groups in total. The molecule has 0 saturated carbocycles. The average molecular weight is 538 g/mol. The minimum atomic E-state index is -0.815. The maximum absolute atomic E-state index is 10.0. The summed E-state index contributed by atoms with van der Waals surface area (Å²) < 4.78 is 21.7. The summed E-state index contributed by atoms with van der Waals surface area (Å²) >= 11 is 0. The smallest absolute Gasteiger partial charge is 0.831 e. The molecule has 10 nitrogen and oxygen atoms in total. The minimum absolute atomic E-state index is 0. The molecule has 0 saturated heterocycles. The second-order valence-electron chi connectivity index (χ2n) is 5.37. The molecule has 0 aromatic heterocycles. The Bertz CT molecular complexity index is 188. The number of rotatable bonds is 10. The van der Waals surface area contributed by atoms with E-state index in [9.17, 15) is 25.5 Å². The van der Waals surface area contributed by atoms with Crippen molar-refractivity contribution < 1.29 is 71.6 Å². The third-order valence-corrected chi connectivity index (χ3v) is 2.98. The van der Waals surface area contributed by atoms with Crippen LogP contribution in [0.5, 0.6) is 0 Å². The minimum Gasteiger partial charge on any atom is -0.831 e. The van der Waals surface area contributed by atoms with Crippen molar-refractivity contribution in [2.45, 2.75) is 98.2 Å². The fourth-order valence-corrected chi connectivity index (χ4v) is 0.833. The molecule has 190 valence electrons. The van der Waals surface area contributed by atoms with Crippen LogP contribution in [0.4, 0.5) is 0 Å². The van der Waals surface area contributed by atoms with Crippen molar-refractivity contribution in [3.8, 4) is 0 Å². The van der Waals surface area contributed by atoms with Gasteiger partial charge in [0.15, 0.2) is 0 Å². The van der Waals surface area contributed by atoms with Crippen LogP contribution < -0.4 is 25.5 Å². The Morgan fingerprint density at radius 3 is 0.484 bits per heavy atom. The Kier molecular flexibility index (Phi) is 58.9. The van der Waals surface area contributed by atoms with Gasteiger partial charge in [-0.15, -0.1) is 0 Å². The van der Waals surface area contributed by atoms with Gasteiger partial charge in [-0.2, -0.15) is 0 Å². The molecule has 0 heterocycles. The van der Waals surface area contributed by atoms with Crippen molar-refractivity contribution >= 4 is 0 Å². The molecule has 0 aromatic rings. The predicted octanol–water partition coefficient (Wildman–Crippen LogP) is -1.36. The van der Waals surface area contributed by atoms with E-state index in [2.05, 4.69) is 23.7 Å². The molecular formula is C20H45NbO10. The molecule has 0 fully saturated rings. The summed E-state index contributed by atoms with van der Waals surface area (Å²) in [7, 11) is 7.09. The first-order valence-electron chi connectivity index (χ1n) is 9.98. The van der Waals surface area contributed by atoms with Gasteiger partial charge in [-0.1, -0.05) is 34.6 Å². The maximum Gasteiger partial charge on any atom is 5.00 e. The van der Waals surface area contributed by atoms with Gasteiger partial charge >= 0.3 is 22.4 Å². The van der Waals surface area contributed by atoms with Crippen LogP contribution >= 0.6 is 0 Å². The van der Waals surface area contributed by atoms with Crippen LogP contribution in [0, 0.1) is 0 Å². The van der Waals surface area contributed by atoms with Gasteiger partial charge in [-0.25, -0.2) is 0 Å². The van der Waals surface area contributed by atoms with E-state index >= 15 is 0 Å². The zero-order valence-electron chi connectivity index (χ0n) is 21.0. The summed E-state index contributed by atoms with van der Waals surface area (Å²) in [5.41, 5.74) is 0. The van der Waals surface area contributed by atoms with Gasteiger partial charge in [0, 0.05) is 35.5 Å². The molecule has 0 aliphatic carbocycles. The molecule has 0 aliphatic heterocycles. The molecule has 5 unspecified atom stereocenters. The molecule has 0 aromatic carbocycles. The normalized spacial score (nSPS) is 14.0. The van der Waals surface area contributed by atoms with E-state index in [1.807, 2.05) is 0 Å². The summed E-state index contributed by atoms with van der Waals surface area (Å²) in [5.74, 6) is 0. The van der Waals surface area contributed by atoms with Crippen molar-refractivity contribution in [1.82, 2.24) is 0 Å². The van der Waals surface area contributed by atoms with Crippen LogP contribution in [-0.4, -0.2) is 67.0 Å². The van der Waals surface area contributed by atoms with E-state index in [-0.39, 0.29) is 22.4 Å². The predicted molar refractivity (Wildman–Crippen MR) is 105 cm³/mol. The molecule has 11 heteroatoms. The standard InChI is InChI=1S/5C4H9O2.Nb/c5*1-3-4(5)6-2;/h5*4H,3H2,1-2H3;/q5*-1;+5. The second kappa shape index (κ2) is 40.7. The van der Waals surface area contributed by atoms with Gasteiger partial charge in [0.05, 0.1) is 0 Å². The Morgan fingerprint density at radius 1 is 0.387 bits per heavy atom. The molecule has 0 rings (SSSR count). The zero-order chi connectivity index (χ0) is 25.0.